The van der Waals surface area contributed by atoms with E-state index in [4.69, 9.17) is 9.47 Å². The maximum absolute atomic E-state index is 5.39. The Labute approximate surface area is 129 Å². The van der Waals surface area contributed by atoms with Crippen LogP contribution in [-0.4, -0.2) is 44.3 Å². The second-order valence-corrected chi connectivity index (χ2v) is 6.24. The number of hydrogen-bond donors (Lipinski definition) is 1. The van der Waals surface area contributed by atoms with Crippen molar-refractivity contribution < 1.29 is 9.47 Å². The molecule has 0 amide bonds. The van der Waals surface area contributed by atoms with Crippen LogP contribution in [0.4, 0.5) is 0 Å². The molecule has 5 heteroatoms. The molecule has 20 heavy (non-hydrogen) atoms. The highest BCUT2D eigenvalue weighted by Gasteiger charge is 2.23. The Morgan fingerprint density at radius 1 is 1.25 bits per heavy atom. The molecule has 2 unspecified atom stereocenters. The van der Waals surface area contributed by atoms with Crippen LogP contribution in [0.15, 0.2) is 16.6 Å². The van der Waals surface area contributed by atoms with Crippen molar-refractivity contribution in [2.75, 3.05) is 27.3 Å². The normalized spacial score (nSPS) is 23.6. The van der Waals surface area contributed by atoms with Crippen LogP contribution in [0, 0.1) is 0 Å². The second kappa shape index (κ2) is 6.78. The minimum absolute atomic E-state index is 0.533. The average molecular weight is 343 g/mol. The zero-order valence-corrected chi connectivity index (χ0v) is 14.2. The summed E-state index contributed by atoms with van der Waals surface area (Å²) in [5, 5.41) is 3.50. The summed E-state index contributed by atoms with van der Waals surface area (Å²) in [6.45, 7) is 7.48. The van der Waals surface area contributed by atoms with Crippen LogP contribution in [0.3, 0.4) is 0 Å². The summed E-state index contributed by atoms with van der Waals surface area (Å²) >= 11 is 3.64. The molecule has 2 atom stereocenters. The van der Waals surface area contributed by atoms with E-state index in [1.807, 2.05) is 6.07 Å². The summed E-state index contributed by atoms with van der Waals surface area (Å²) in [6.07, 6.45) is 0. The lowest BCUT2D eigenvalue weighted by Crippen LogP contribution is -2.53. The van der Waals surface area contributed by atoms with E-state index in [0.29, 0.717) is 12.1 Å². The number of nitrogens with one attached hydrogen (secondary N) is 1. The first kappa shape index (κ1) is 15.6. The fraction of sp³-hybridized carbons (Fsp3) is 0.600. The van der Waals surface area contributed by atoms with E-state index >= 15 is 0 Å². The SMILES string of the molecule is COc1cc(Br)c(CN2CC(C)NCC2C)cc1OC. The Morgan fingerprint density at radius 3 is 2.55 bits per heavy atom. The van der Waals surface area contributed by atoms with Crippen molar-refractivity contribution in [3.8, 4) is 11.5 Å². The van der Waals surface area contributed by atoms with Gasteiger partial charge in [-0.05, 0) is 31.5 Å². The molecule has 0 bridgehead atoms. The van der Waals surface area contributed by atoms with Gasteiger partial charge in [0.15, 0.2) is 11.5 Å². The van der Waals surface area contributed by atoms with E-state index in [1.165, 1.54) is 5.56 Å². The van der Waals surface area contributed by atoms with Gasteiger partial charge in [0.05, 0.1) is 14.2 Å². The topological polar surface area (TPSA) is 33.7 Å². The molecule has 1 aliphatic heterocycles. The van der Waals surface area contributed by atoms with Gasteiger partial charge in [-0.1, -0.05) is 15.9 Å². The summed E-state index contributed by atoms with van der Waals surface area (Å²) in [5.41, 5.74) is 1.23. The predicted molar refractivity (Wildman–Crippen MR) is 84.6 cm³/mol. The maximum Gasteiger partial charge on any atom is 0.161 e. The highest BCUT2D eigenvalue weighted by Crippen LogP contribution is 2.34. The van der Waals surface area contributed by atoms with Gasteiger partial charge in [-0.25, -0.2) is 0 Å². The van der Waals surface area contributed by atoms with Gasteiger partial charge in [0, 0.05) is 36.2 Å². The average Bonchev–Trinajstić information content (AvgIpc) is 2.44. The fourth-order valence-corrected chi connectivity index (χ4v) is 3.00. The molecule has 1 N–H and O–H groups in total. The number of ether oxygens (including phenoxy) is 2. The van der Waals surface area contributed by atoms with Crippen LogP contribution >= 0.6 is 15.9 Å². The number of benzene rings is 1. The number of halogens is 1. The molecular formula is C15H23BrN2O2. The molecule has 1 aliphatic rings. The van der Waals surface area contributed by atoms with E-state index in [1.54, 1.807) is 14.2 Å². The minimum atomic E-state index is 0.533. The fourth-order valence-electron chi connectivity index (χ4n) is 2.55. The van der Waals surface area contributed by atoms with Crippen molar-refractivity contribution in [3.63, 3.8) is 0 Å². The lowest BCUT2D eigenvalue weighted by molar-refractivity contribution is 0.138. The first-order chi connectivity index (χ1) is 9.55. The molecule has 1 saturated heterocycles. The Balaban J connectivity index is 2.20. The molecule has 1 aromatic rings. The molecule has 0 aliphatic carbocycles. The summed E-state index contributed by atoms with van der Waals surface area (Å²) in [5.74, 6) is 1.53. The number of rotatable bonds is 4. The van der Waals surface area contributed by atoms with Crippen molar-refractivity contribution in [2.24, 2.45) is 0 Å². The van der Waals surface area contributed by atoms with Gasteiger partial charge in [0.25, 0.3) is 0 Å². The zero-order chi connectivity index (χ0) is 14.7. The molecular weight excluding hydrogens is 320 g/mol. The van der Waals surface area contributed by atoms with Gasteiger partial charge in [-0.15, -0.1) is 0 Å². The van der Waals surface area contributed by atoms with Gasteiger partial charge in [-0.2, -0.15) is 0 Å². The third-order valence-corrected chi connectivity index (χ3v) is 4.56. The van der Waals surface area contributed by atoms with Crippen LogP contribution < -0.4 is 14.8 Å². The quantitative estimate of drug-likeness (QED) is 0.911. The highest BCUT2D eigenvalue weighted by molar-refractivity contribution is 9.10. The molecule has 0 saturated carbocycles. The molecule has 112 valence electrons. The van der Waals surface area contributed by atoms with Gasteiger partial charge in [0.2, 0.25) is 0 Å². The van der Waals surface area contributed by atoms with Crippen LogP contribution in [0.25, 0.3) is 0 Å². The number of nitrogens with zero attached hydrogens (tertiary/aromatic N) is 1. The van der Waals surface area contributed by atoms with Gasteiger partial charge >= 0.3 is 0 Å². The van der Waals surface area contributed by atoms with E-state index in [9.17, 15) is 0 Å². The minimum Gasteiger partial charge on any atom is -0.493 e. The van der Waals surface area contributed by atoms with E-state index in [2.05, 4.69) is 46.1 Å². The molecule has 0 spiro atoms. The number of methoxy groups -OCH3 is 2. The van der Waals surface area contributed by atoms with Crippen LogP contribution in [0.5, 0.6) is 11.5 Å². The highest BCUT2D eigenvalue weighted by atomic mass is 79.9. The van der Waals surface area contributed by atoms with Crippen molar-refractivity contribution in [1.29, 1.82) is 0 Å². The molecule has 4 nitrogen and oxygen atoms in total. The maximum atomic E-state index is 5.39. The first-order valence-electron chi connectivity index (χ1n) is 6.93. The molecule has 1 heterocycles. The van der Waals surface area contributed by atoms with Crippen LogP contribution in [0.1, 0.15) is 19.4 Å². The third kappa shape index (κ3) is 3.45. The van der Waals surface area contributed by atoms with Gasteiger partial charge in [0.1, 0.15) is 0 Å². The Bertz CT molecular complexity index is 467. The van der Waals surface area contributed by atoms with Crippen molar-refractivity contribution in [1.82, 2.24) is 10.2 Å². The Morgan fingerprint density at radius 2 is 1.90 bits per heavy atom. The summed E-state index contributed by atoms with van der Waals surface area (Å²) < 4.78 is 11.8. The van der Waals surface area contributed by atoms with Gasteiger partial charge in [-0.3, -0.25) is 4.90 Å². The molecule has 1 aromatic carbocycles. The third-order valence-electron chi connectivity index (χ3n) is 3.82. The standard InChI is InChI=1S/C15H23BrN2O2/c1-10-8-18(11(2)7-17-10)9-12-5-14(19-3)15(20-4)6-13(12)16/h5-6,10-11,17H,7-9H2,1-4H3. The van der Waals surface area contributed by atoms with Crippen LogP contribution in [0.2, 0.25) is 0 Å². The summed E-state index contributed by atoms with van der Waals surface area (Å²) in [4.78, 5) is 2.49. The lowest BCUT2D eigenvalue weighted by Gasteiger charge is -2.37. The van der Waals surface area contributed by atoms with Crippen LogP contribution in [-0.2, 0) is 6.54 Å². The number of hydrogen-bond acceptors (Lipinski definition) is 4. The van der Waals surface area contributed by atoms with Crippen molar-refractivity contribution in [2.45, 2.75) is 32.5 Å². The number of piperazine rings is 1. The monoisotopic (exact) mass is 342 g/mol. The first-order valence-corrected chi connectivity index (χ1v) is 7.72. The molecule has 1 fully saturated rings. The van der Waals surface area contributed by atoms with Crippen molar-refractivity contribution in [3.05, 3.63) is 22.2 Å². The summed E-state index contributed by atoms with van der Waals surface area (Å²) in [7, 11) is 3.33. The molecule has 0 radical (unpaired) electrons. The van der Waals surface area contributed by atoms with Crippen molar-refractivity contribution >= 4 is 15.9 Å². The largest absolute Gasteiger partial charge is 0.493 e. The Hall–Kier alpha value is -0.780. The molecule has 0 aromatic heterocycles. The van der Waals surface area contributed by atoms with Gasteiger partial charge < -0.3 is 14.8 Å². The van der Waals surface area contributed by atoms with E-state index in [-0.39, 0.29) is 0 Å². The lowest BCUT2D eigenvalue weighted by atomic mass is 10.1. The second-order valence-electron chi connectivity index (χ2n) is 5.39. The zero-order valence-electron chi connectivity index (χ0n) is 12.6. The molecule has 2 rings (SSSR count). The summed E-state index contributed by atoms with van der Waals surface area (Å²) in [6, 6.07) is 5.10. The van der Waals surface area contributed by atoms with E-state index in [0.717, 1.165) is 35.6 Å². The smallest absolute Gasteiger partial charge is 0.161 e. The van der Waals surface area contributed by atoms with E-state index < -0.39 is 0 Å². The Kier molecular flexibility index (Phi) is 5.29. The predicted octanol–water partition coefficient (Wildman–Crippen LogP) is 2.65.